The molecular formula is C20H14. The first-order valence-electron chi connectivity index (χ1n) is 6.88. The summed E-state index contributed by atoms with van der Waals surface area (Å²) in [6.45, 7) is 4.04. The van der Waals surface area contributed by atoms with Crippen LogP contribution in [0, 0.1) is 18.8 Å². The Balaban J connectivity index is 2.28. The van der Waals surface area contributed by atoms with E-state index in [0.717, 1.165) is 5.56 Å². The van der Waals surface area contributed by atoms with Crippen LogP contribution in [0.1, 0.15) is 18.1 Å². The zero-order chi connectivity index (χ0) is 13.7. The normalized spacial score (nSPS) is 11.1. The van der Waals surface area contributed by atoms with Crippen molar-refractivity contribution in [3.05, 3.63) is 59.7 Å². The van der Waals surface area contributed by atoms with Gasteiger partial charge in [-0.3, -0.25) is 0 Å². The average Bonchev–Trinajstić information content (AvgIpc) is 2.44. The van der Waals surface area contributed by atoms with Crippen LogP contribution in [-0.4, -0.2) is 0 Å². The second-order valence-corrected chi connectivity index (χ2v) is 5.39. The number of hydrogen-bond donors (Lipinski definition) is 0. The molecule has 4 rings (SSSR count). The van der Waals surface area contributed by atoms with Crippen LogP contribution >= 0.6 is 0 Å². The predicted octanol–water partition coefficient (Wildman–Crippen LogP) is 5.26. The molecule has 0 bridgehead atoms. The van der Waals surface area contributed by atoms with E-state index in [1.807, 2.05) is 6.92 Å². The topological polar surface area (TPSA) is 0 Å². The molecule has 0 saturated carbocycles. The van der Waals surface area contributed by atoms with E-state index in [1.165, 1.54) is 37.9 Å². The minimum Gasteiger partial charge on any atom is -0.101 e. The molecule has 0 unspecified atom stereocenters. The Kier molecular flexibility index (Phi) is 2.26. The van der Waals surface area contributed by atoms with Crippen LogP contribution in [0.4, 0.5) is 0 Å². The Hall–Kier alpha value is -2.52. The lowest BCUT2D eigenvalue weighted by Crippen LogP contribution is -1.86. The van der Waals surface area contributed by atoms with Crippen molar-refractivity contribution >= 4 is 32.3 Å². The molecule has 0 nitrogen and oxygen atoms in total. The first kappa shape index (κ1) is 11.3. The van der Waals surface area contributed by atoms with E-state index < -0.39 is 0 Å². The molecule has 0 fully saturated rings. The maximum atomic E-state index is 3.17. The third-order valence-electron chi connectivity index (χ3n) is 3.95. The third kappa shape index (κ3) is 1.50. The fourth-order valence-electron chi connectivity index (χ4n) is 3.21. The zero-order valence-corrected chi connectivity index (χ0v) is 11.6. The van der Waals surface area contributed by atoms with Crippen LogP contribution in [0.3, 0.4) is 0 Å². The van der Waals surface area contributed by atoms with E-state index in [-0.39, 0.29) is 0 Å². The van der Waals surface area contributed by atoms with Gasteiger partial charge in [-0.25, -0.2) is 0 Å². The van der Waals surface area contributed by atoms with Crippen molar-refractivity contribution < 1.29 is 0 Å². The molecule has 0 N–H and O–H groups in total. The van der Waals surface area contributed by atoms with Gasteiger partial charge in [-0.15, -0.1) is 5.92 Å². The highest BCUT2D eigenvalue weighted by Crippen LogP contribution is 2.35. The van der Waals surface area contributed by atoms with Gasteiger partial charge in [0, 0.05) is 5.56 Å². The standard InChI is InChI=1S/C20H14/c1-3-4-14-11-17-7-5-15-9-13(2)10-16-6-8-18(12-14)20(17)19(15)16/h5-12H,1-2H3. The lowest BCUT2D eigenvalue weighted by atomic mass is 9.92. The summed E-state index contributed by atoms with van der Waals surface area (Å²) >= 11 is 0. The minimum absolute atomic E-state index is 1.09. The highest BCUT2D eigenvalue weighted by Gasteiger charge is 2.09. The Morgan fingerprint density at radius 2 is 1.15 bits per heavy atom. The first-order valence-corrected chi connectivity index (χ1v) is 6.88. The average molecular weight is 254 g/mol. The smallest absolute Gasteiger partial charge is 0.0257 e. The predicted molar refractivity (Wildman–Crippen MR) is 87.4 cm³/mol. The number of aryl methyl sites for hydroxylation is 1. The van der Waals surface area contributed by atoms with Crippen LogP contribution in [0.5, 0.6) is 0 Å². The van der Waals surface area contributed by atoms with Crippen molar-refractivity contribution in [3.63, 3.8) is 0 Å². The van der Waals surface area contributed by atoms with E-state index in [9.17, 15) is 0 Å². The molecule has 4 aromatic carbocycles. The largest absolute Gasteiger partial charge is 0.101 e. The van der Waals surface area contributed by atoms with Crippen LogP contribution < -0.4 is 0 Å². The molecule has 0 saturated heterocycles. The van der Waals surface area contributed by atoms with Crippen molar-refractivity contribution in [3.8, 4) is 11.8 Å². The lowest BCUT2D eigenvalue weighted by Gasteiger charge is -2.12. The molecule has 0 atom stereocenters. The molecule has 0 spiro atoms. The number of rotatable bonds is 0. The molecule has 0 aromatic heterocycles. The molecule has 20 heavy (non-hydrogen) atoms. The first-order chi connectivity index (χ1) is 9.76. The van der Waals surface area contributed by atoms with Crippen LogP contribution in [0.15, 0.2) is 48.5 Å². The van der Waals surface area contributed by atoms with Gasteiger partial charge in [-0.05, 0) is 63.9 Å². The molecule has 4 aromatic rings. The van der Waals surface area contributed by atoms with Crippen molar-refractivity contribution in [2.45, 2.75) is 13.8 Å². The highest BCUT2D eigenvalue weighted by atomic mass is 14.1. The zero-order valence-electron chi connectivity index (χ0n) is 11.6. The Bertz CT molecular complexity index is 943. The van der Waals surface area contributed by atoms with E-state index in [4.69, 9.17) is 0 Å². The van der Waals surface area contributed by atoms with Gasteiger partial charge in [0.1, 0.15) is 0 Å². The maximum absolute atomic E-state index is 3.17. The van der Waals surface area contributed by atoms with Gasteiger partial charge in [0.2, 0.25) is 0 Å². The molecule has 0 heterocycles. The van der Waals surface area contributed by atoms with Crippen molar-refractivity contribution in [2.24, 2.45) is 0 Å². The van der Waals surface area contributed by atoms with Gasteiger partial charge < -0.3 is 0 Å². The van der Waals surface area contributed by atoms with Crippen molar-refractivity contribution in [1.29, 1.82) is 0 Å². The summed E-state index contributed by atoms with van der Waals surface area (Å²) in [4.78, 5) is 0. The molecule has 0 amide bonds. The van der Waals surface area contributed by atoms with Crippen LogP contribution in [0.2, 0.25) is 0 Å². The molecule has 0 heteroatoms. The summed E-state index contributed by atoms with van der Waals surface area (Å²) in [5.74, 6) is 6.15. The SMILES string of the molecule is CC#Cc1cc2ccc3cc(C)cc4ccc(c1)c2c34. The fourth-order valence-corrected chi connectivity index (χ4v) is 3.21. The minimum atomic E-state index is 1.09. The van der Waals surface area contributed by atoms with E-state index in [2.05, 4.69) is 67.3 Å². The Morgan fingerprint density at radius 3 is 1.60 bits per heavy atom. The maximum Gasteiger partial charge on any atom is 0.0257 e. The molecule has 0 aliphatic rings. The van der Waals surface area contributed by atoms with Crippen LogP contribution in [-0.2, 0) is 0 Å². The van der Waals surface area contributed by atoms with Crippen molar-refractivity contribution in [2.75, 3.05) is 0 Å². The van der Waals surface area contributed by atoms with Gasteiger partial charge >= 0.3 is 0 Å². The second kappa shape index (κ2) is 3.99. The monoisotopic (exact) mass is 254 g/mol. The molecule has 94 valence electrons. The van der Waals surface area contributed by atoms with E-state index in [0.29, 0.717) is 0 Å². The van der Waals surface area contributed by atoms with Crippen molar-refractivity contribution in [1.82, 2.24) is 0 Å². The second-order valence-electron chi connectivity index (χ2n) is 5.39. The quantitative estimate of drug-likeness (QED) is 0.296. The molecule has 0 radical (unpaired) electrons. The lowest BCUT2D eigenvalue weighted by molar-refractivity contribution is 1.52. The van der Waals surface area contributed by atoms with Gasteiger partial charge in [-0.1, -0.05) is 42.3 Å². The number of hydrogen-bond acceptors (Lipinski definition) is 0. The Labute approximate surface area is 118 Å². The van der Waals surface area contributed by atoms with E-state index in [1.54, 1.807) is 0 Å². The number of benzene rings is 4. The summed E-state index contributed by atoms with van der Waals surface area (Å²) in [5.41, 5.74) is 2.41. The summed E-state index contributed by atoms with van der Waals surface area (Å²) in [6, 6.07) is 17.8. The summed E-state index contributed by atoms with van der Waals surface area (Å²) in [6.07, 6.45) is 0. The van der Waals surface area contributed by atoms with Gasteiger partial charge in [0.25, 0.3) is 0 Å². The summed E-state index contributed by atoms with van der Waals surface area (Å²) in [5, 5.41) is 7.95. The third-order valence-corrected chi connectivity index (χ3v) is 3.95. The Morgan fingerprint density at radius 1 is 0.700 bits per heavy atom. The van der Waals surface area contributed by atoms with E-state index >= 15 is 0 Å². The van der Waals surface area contributed by atoms with Gasteiger partial charge in [-0.2, -0.15) is 0 Å². The molecular weight excluding hydrogens is 240 g/mol. The molecule has 0 aliphatic carbocycles. The summed E-state index contributed by atoms with van der Waals surface area (Å²) in [7, 11) is 0. The van der Waals surface area contributed by atoms with Gasteiger partial charge in [0.05, 0.1) is 0 Å². The fraction of sp³-hybridized carbons (Fsp3) is 0.100. The summed E-state index contributed by atoms with van der Waals surface area (Å²) < 4.78 is 0. The highest BCUT2D eigenvalue weighted by molar-refractivity contribution is 6.23. The van der Waals surface area contributed by atoms with Gasteiger partial charge in [0.15, 0.2) is 0 Å². The molecule has 0 aliphatic heterocycles. The van der Waals surface area contributed by atoms with Crippen LogP contribution in [0.25, 0.3) is 32.3 Å².